The van der Waals surface area contributed by atoms with Gasteiger partial charge < -0.3 is 10.6 Å². The van der Waals surface area contributed by atoms with Gasteiger partial charge in [0, 0.05) is 29.5 Å². The van der Waals surface area contributed by atoms with Gasteiger partial charge in [0.15, 0.2) is 0 Å². The van der Waals surface area contributed by atoms with E-state index in [1.54, 1.807) is 0 Å². The third kappa shape index (κ3) is 3.83. The molecule has 1 amide bonds. The zero-order valence-electron chi connectivity index (χ0n) is 12.0. The Bertz CT molecular complexity index is 464. The fraction of sp³-hybridized carbons (Fsp3) is 0.562. The lowest BCUT2D eigenvalue weighted by Gasteiger charge is -2.33. The van der Waals surface area contributed by atoms with Crippen LogP contribution in [0, 0.1) is 5.92 Å². The van der Waals surface area contributed by atoms with Crippen molar-refractivity contribution in [2.45, 2.75) is 38.6 Å². The van der Waals surface area contributed by atoms with Crippen LogP contribution in [0.4, 0.5) is 0 Å². The van der Waals surface area contributed by atoms with Crippen molar-refractivity contribution < 1.29 is 4.79 Å². The standard InChI is InChI=1S/C16H23BrN2O/c1-2-12(10-13-6-3-4-8-15(13)17)16(20)19-9-5-7-14(18)11-19/h3-4,6,8,12,14H,2,5,7,9-11,18H2,1H3. The lowest BCUT2D eigenvalue weighted by atomic mass is 9.94. The molecule has 3 nitrogen and oxygen atoms in total. The predicted octanol–water partition coefficient (Wildman–Crippen LogP) is 2.97. The highest BCUT2D eigenvalue weighted by atomic mass is 79.9. The maximum atomic E-state index is 12.6. The first kappa shape index (κ1) is 15.5. The van der Waals surface area contributed by atoms with Crippen molar-refractivity contribution in [1.29, 1.82) is 0 Å². The number of halogens is 1. The molecule has 1 aromatic carbocycles. The number of benzene rings is 1. The molecule has 1 aromatic rings. The molecule has 0 aliphatic carbocycles. The van der Waals surface area contributed by atoms with Crippen molar-refractivity contribution >= 4 is 21.8 Å². The lowest BCUT2D eigenvalue weighted by molar-refractivity contribution is -0.136. The molecule has 0 radical (unpaired) electrons. The number of rotatable bonds is 4. The van der Waals surface area contributed by atoms with Gasteiger partial charge in [-0.05, 0) is 37.3 Å². The van der Waals surface area contributed by atoms with Crippen LogP contribution in [0.5, 0.6) is 0 Å². The van der Waals surface area contributed by atoms with Crippen molar-refractivity contribution in [3.8, 4) is 0 Å². The normalized spacial score (nSPS) is 20.8. The molecule has 2 unspecified atom stereocenters. The van der Waals surface area contributed by atoms with Gasteiger partial charge in [-0.2, -0.15) is 0 Å². The van der Waals surface area contributed by atoms with Crippen molar-refractivity contribution in [2.75, 3.05) is 13.1 Å². The summed E-state index contributed by atoms with van der Waals surface area (Å²) >= 11 is 3.56. The number of nitrogens with zero attached hydrogens (tertiary/aromatic N) is 1. The van der Waals surface area contributed by atoms with Gasteiger partial charge >= 0.3 is 0 Å². The zero-order valence-corrected chi connectivity index (χ0v) is 13.6. The van der Waals surface area contributed by atoms with Crippen LogP contribution in [0.15, 0.2) is 28.7 Å². The summed E-state index contributed by atoms with van der Waals surface area (Å²) in [5.74, 6) is 0.317. The van der Waals surface area contributed by atoms with Crippen LogP contribution < -0.4 is 5.73 Å². The fourth-order valence-electron chi connectivity index (χ4n) is 2.80. The van der Waals surface area contributed by atoms with Crippen LogP contribution in [0.1, 0.15) is 31.7 Å². The summed E-state index contributed by atoms with van der Waals surface area (Å²) in [4.78, 5) is 14.6. The van der Waals surface area contributed by atoms with Crippen LogP contribution in [0.2, 0.25) is 0 Å². The number of likely N-dealkylation sites (tertiary alicyclic amines) is 1. The number of carbonyl (C=O) groups excluding carboxylic acids is 1. The van der Waals surface area contributed by atoms with E-state index in [0.29, 0.717) is 6.54 Å². The fourth-order valence-corrected chi connectivity index (χ4v) is 3.25. The Morgan fingerprint density at radius 2 is 2.25 bits per heavy atom. The Labute approximate surface area is 129 Å². The van der Waals surface area contributed by atoms with Crippen LogP contribution >= 0.6 is 15.9 Å². The number of hydrogen-bond donors (Lipinski definition) is 1. The molecule has 1 saturated heterocycles. The minimum absolute atomic E-state index is 0.0546. The molecule has 2 rings (SSSR count). The second kappa shape index (κ2) is 7.23. The van der Waals surface area contributed by atoms with Crippen molar-refractivity contribution in [1.82, 2.24) is 4.90 Å². The number of carbonyl (C=O) groups is 1. The Hall–Kier alpha value is -0.870. The summed E-state index contributed by atoms with van der Waals surface area (Å²) < 4.78 is 1.08. The van der Waals surface area contributed by atoms with E-state index < -0.39 is 0 Å². The topological polar surface area (TPSA) is 46.3 Å². The van der Waals surface area contributed by atoms with Crippen molar-refractivity contribution in [3.63, 3.8) is 0 Å². The second-order valence-corrected chi connectivity index (χ2v) is 6.44. The monoisotopic (exact) mass is 338 g/mol. The molecule has 0 spiro atoms. The Morgan fingerprint density at radius 3 is 2.90 bits per heavy atom. The highest BCUT2D eigenvalue weighted by molar-refractivity contribution is 9.10. The molecule has 110 valence electrons. The minimum atomic E-state index is 0.0546. The summed E-state index contributed by atoms with van der Waals surface area (Å²) in [6.07, 6.45) is 3.72. The molecule has 0 saturated carbocycles. The number of amides is 1. The maximum Gasteiger partial charge on any atom is 0.226 e. The van der Waals surface area contributed by atoms with E-state index in [9.17, 15) is 4.79 Å². The smallest absolute Gasteiger partial charge is 0.226 e. The number of hydrogen-bond acceptors (Lipinski definition) is 2. The molecule has 1 heterocycles. The van der Waals surface area contributed by atoms with E-state index in [2.05, 4.69) is 28.9 Å². The summed E-state index contributed by atoms with van der Waals surface area (Å²) in [6, 6.07) is 8.29. The van der Waals surface area contributed by atoms with E-state index in [0.717, 1.165) is 36.7 Å². The lowest BCUT2D eigenvalue weighted by Crippen LogP contribution is -2.48. The Kier molecular flexibility index (Phi) is 5.61. The molecular weight excluding hydrogens is 316 g/mol. The predicted molar refractivity (Wildman–Crippen MR) is 85.4 cm³/mol. The zero-order chi connectivity index (χ0) is 14.5. The SMILES string of the molecule is CCC(Cc1ccccc1Br)C(=O)N1CCCC(N)C1. The first-order valence-electron chi connectivity index (χ1n) is 7.39. The van der Waals surface area contributed by atoms with Gasteiger partial charge in [0.25, 0.3) is 0 Å². The molecule has 0 aromatic heterocycles. The van der Waals surface area contributed by atoms with Crippen LogP contribution in [-0.2, 0) is 11.2 Å². The first-order chi connectivity index (χ1) is 9.61. The summed E-state index contributed by atoms with van der Waals surface area (Å²) in [7, 11) is 0. The highest BCUT2D eigenvalue weighted by Crippen LogP contribution is 2.23. The molecule has 2 atom stereocenters. The molecule has 0 bridgehead atoms. The van der Waals surface area contributed by atoms with Crippen molar-refractivity contribution in [2.24, 2.45) is 11.7 Å². The molecule has 1 aliphatic rings. The van der Waals surface area contributed by atoms with E-state index in [-0.39, 0.29) is 17.9 Å². The Balaban J connectivity index is 2.04. The first-order valence-corrected chi connectivity index (χ1v) is 8.19. The van der Waals surface area contributed by atoms with E-state index in [1.165, 1.54) is 5.56 Å². The minimum Gasteiger partial charge on any atom is -0.341 e. The molecule has 1 aliphatic heterocycles. The summed E-state index contributed by atoms with van der Waals surface area (Å²) in [5, 5.41) is 0. The van der Waals surface area contributed by atoms with Gasteiger partial charge in [-0.25, -0.2) is 0 Å². The van der Waals surface area contributed by atoms with E-state index in [1.807, 2.05) is 23.1 Å². The average molecular weight is 339 g/mol. The van der Waals surface area contributed by atoms with Gasteiger partial charge in [0.1, 0.15) is 0 Å². The van der Waals surface area contributed by atoms with Gasteiger partial charge in [-0.1, -0.05) is 41.1 Å². The van der Waals surface area contributed by atoms with E-state index >= 15 is 0 Å². The van der Waals surface area contributed by atoms with Crippen LogP contribution in [0.3, 0.4) is 0 Å². The summed E-state index contributed by atoms with van der Waals surface area (Å²) in [6.45, 7) is 3.66. The highest BCUT2D eigenvalue weighted by Gasteiger charge is 2.27. The second-order valence-electron chi connectivity index (χ2n) is 5.59. The largest absolute Gasteiger partial charge is 0.341 e. The molecule has 20 heavy (non-hydrogen) atoms. The number of nitrogens with two attached hydrogens (primary N) is 1. The van der Waals surface area contributed by atoms with Crippen LogP contribution in [0.25, 0.3) is 0 Å². The summed E-state index contributed by atoms with van der Waals surface area (Å²) in [5.41, 5.74) is 7.18. The average Bonchev–Trinajstić information content (AvgIpc) is 2.46. The molecule has 1 fully saturated rings. The van der Waals surface area contributed by atoms with Gasteiger partial charge in [0.05, 0.1) is 0 Å². The Morgan fingerprint density at radius 1 is 1.50 bits per heavy atom. The van der Waals surface area contributed by atoms with Crippen LogP contribution in [-0.4, -0.2) is 29.9 Å². The molecule has 2 N–H and O–H groups in total. The van der Waals surface area contributed by atoms with Crippen molar-refractivity contribution in [3.05, 3.63) is 34.3 Å². The van der Waals surface area contributed by atoms with Gasteiger partial charge in [0.2, 0.25) is 5.91 Å². The molecular formula is C16H23BrN2O. The third-order valence-electron chi connectivity index (χ3n) is 4.04. The number of piperidine rings is 1. The third-order valence-corrected chi connectivity index (χ3v) is 4.81. The molecule has 4 heteroatoms. The van der Waals surface area contributed by atoms with Gasteiger partial charge in [-0.3, -0.25) is 4.79 Å². The van der Waals surface area contributed by atoms with E-state index in [4.69, 9.17) is 5.73 Å². The van der Waals surface area contributed by atoms with Gasteiger partial charge in [-0.15, -0.1) is 0 Å². The quantitative estimate of drug-likeness (QED) is 0.917. The maximum absolute atomic E-state index is 12.6.